The zero-order chi connectivity index (χ0) is 14.8. The fourth-order valence-electron chi connectivity index (χ4n) is 3.82. The van der Waals surface area contributed by atoms with E-state index in [1.807, 2.05) is 6.07 Å². The van der Waals surface area contributed by atoms with Gasteiger partial charge in [-0.1, -0.05) is 6.07 Å². The van der Waals surface area contributed by atoms with Crippen molar-refractivity contribution in [2.45, 2.75) is 38.1 Å². The average Bonchev–Trinajstić information content (AvgIpc) is 2.53. The number of aromatic hydroxyl groups is 1. The summed E-state index contributed by atoms with van der Waals surface area (Å²) >= 11 is 0. The molecule has 0 aromatic heterocycles. The smallest absolute Gasteiger partial charge is 0.222 e. The first-order valence-electron chi connectivity index (χ1n) is 7.96. The predicted octanol–water partition coefficient (Wildman–Crippen LogP) is 2.23. The quantitative estimate of drug-likeness (QED) is 0.877. The van der Waals surface area contributed by atoms with Crippen LogP contribution in [0.5, 0.6) is 5.75 Å². The molecule has 1 saturated heterocycles. The molecule has 21 heavy (non-hydrogen) atoms. The normalized spacial score (nSPS) is 23.6. The number of nitrogens with one attached hydrogen (secondary N) is 1. The van der Waals surface area contributed by atoms with Crippen LogP contribution in [0, 0.1) is 5.92 Å². The Morgan fingerprint density at radius 1 is 1.29 bits per heavy atom. The number of carbonyl (C=O) groups excluding carboxylic acids is 1. The summed E-state index contributed by atoms with van der Waals surface area (Å²) in [7, 11) is 1.72. The molecule has 2 N–H and O–H groups in total. The van der Waals surface area contributed by atoms with Crippen molar-refractivity contribution in [1.82, 2.24) is 10.2 Å². The zero-order valence-corrected chi connectivity index (χ0v) is 12.6. The van der Waals surface area contributed by atoms with Crippen molar-refractivity contribution in [3.05, 3.63) is 29.3 Å². The molecule has 3 rings (SSSR count). The van der Waals surface area contributed by atoms with E-state index in [0.29, 0.717) is 11.8 Å². The number of fused-ring (bicyclic) bond motifs is 1. The van der Waals surface area contributed by atoms with Gasteiger partial charge in [-0.25, -0.2) is 0 Å². The maximum atomic E-state index is 11.7. The van der Waals surface area contributed by atoms with E-state index in [9.17, 15) is 9.90 Å². The minimum absolute atomic E-state index is 0.165. The van der Waals surface area contributed by atoms with Gasteiger partial charge in [0.2, 0.25) is 5.91 Å². The summed E-state index contributed by atoms with van der Waals surface area (Å²) in [6.45, 7) is 1.94. The van der Waals surface area contributed by atoms with Gasteiger partial charge in [0.15, 0.2) is 0 Å². The van der Waals surface area contributed by atoms with Crippen molar-refractivity contribution < 1.29 is 9.90 Å². The number of carbonyl (C=O) groups is 1. The van der Waals surface area contributed by atoms with Crippen LogP contribution in [0.4, 0.5) is 0 Å². The van der Waals surface area contributed by atoms with Gasteiger partial charge in [-0.05, 0) is 68.5 Å². The zero-order valence-electron chi connectivity index (χ0n) is 12.6. The highest BCUT2D eigenvalue weighted by molar-refractivity contribution is 5.78. The fourth-order valence-corrected chi connectivity index (χ4v) is 3.82. The molecule has 0 spiro atoms. The van der Waals surface area contributed by atoms with Crippen LogP contribution in [0.25, 0.3) is 0 Å². The lowest BCUT2D eigenvalue weighted by atomic mass is 9.85. The minimum atomic E-state index is 0.165. The lowest BCUT2D eigenvalue weighted by molar-refractivity contribution is -0.126. The Labute approximate surface area is 126 Å². The summed E-state index contributed by atoms with van der Waals surface area (Å²) in [5.74, 6) is 0.704. The van der Waals surface area contributed by atoms with Gasteiger partial charge >= 0.3 is 0 Å². The van der Waals surface area contributed by atoms with Gasteiger partial charge in [0.25, 0.3) is 0 Å². The summed E-state index contributed by atoms with van der Waals surface area (Å²) in [6.07, 6.45) is 5.34. The van der Waals surface area contributed by atoms with Gasteiger partial charge < -0.3 is 10.4 Å². The molecule has 1 aromatic rings. The van der Waals surface area contributed by atoms with Gasteiger partial charge in [0.05, 0.1) is 0 Å². The molecule has 1 aliphatic heterocycles. The standard InChI is InChI=1S/C17H24N2O2/c1-18-17(21)13-7-9-19(10-8-13)16-4-2-3-12-5-6-14(20)11-15(12)16/h5-6,11,13,16,20H,2-4,7-10H2,1H3,(H,18,21). The maximum Gasteiger partial charge on any atom is 0.222 e. The van der Waals surface area contributed by atoms with Gasteiger partial charge in [0.1, 0.15) is 5.75 Å². The second-order valence-corrected chi connectivity index (χ2v) is 6.22. The molecule has 1 aliphatic carbocycles. The molecule has 2 aliphatic rings. The first kappa shape index (κ1) is 14.4. The maximum absolute atomic E-state index is 11.7. The van der Waals surface area contributed by atoms with Gasteiger partial charge in [0, 0.05) is 19.0 Å². The van der Waals surface area contributed by atoms with E-state index < -0.39 is 0 Å². The van der Waals surface area contributed by atoms with Crippen LogP contribution in [-0.4, -0.2) is 36.1 Å². The predicted molar refractivity (Wildman–Crippen MR) is 82.1 cm³/mol. The van der Waals surface area contributed by atoms with Gasteiger partial charge in [-0.3, -0.25) is 9.69 Å². The van der Waals surface area contributed by atoms with E-state index >= 15 is 0 Å². The van der Waals surface area contributed by atoms with Crippen LogP contribution < -0.4 is 5.32 Å². The van der Waals surface area contributed by atoms with E-state index in [1.165, 1.54) is 17.5 Å². The summed E-state index contributed by atoms with van der Waals surface area (Å²) in [5.41, 5.74) is 2.66. The molecule has 1 fully saturated rings. The van der Waals surface area contributed by atoms with Crippen LogP contribution in [-0.2, 0) is 11.2 Å². The number of rotatable bonds is 2. The highest BCUT2D eigenvalue weighted by Crippen LogP contribution is 2.37. The first-order valence-corrected chi connectivity index (χ1v) is 7.96. The van der Waals surface area contributed by atoms with Crippen molar-refractivity contribution in [2.75, 3.05) is 20.1 Å². The number of hydrogen-bond acceptors (Lipinski definition) is 3. The topological polar surface area (TPSA) is 52.6 Å². The summed E-state index contributed by atoms with van der Waals surface area (Å²) in [4.78, 5) is 14.2. The van der Waals surface area contributed by atoms with Crippen molar-refractivity contribution in [1.29, 1.82) is 0 Å². The number of nitrogens with zero attached hydrogens (tertiary/aromatic N) is 1. The molecule has 4 heteroatoms. The number of aryl methyl sites for hydroxylation is 1. The van der Waals surface area contributed by atoms with Crippen LogP contribution in [0.1, 0.15) is 42.9 Å². The Hall–Kier alpha value is -1.55. The Bertz CT molecular complexity index is 522. The van der Waals surface area contributed by atoms with Gasteiger partial charge in [-0.15, -0.1) is 0 Å². The lowest BCUT2D eigenvalue weighted by Crippen LogP contribution is -2.42. The van der Waals surface area contributed by atoms with Crippen molar-refractivity contribution in [3.63, 3.8) is 0 Å². The molecular weight excluding hydrogens is 264 g/mol. The Morgan fingerprint density at radius 2 is 2.05 bits per heavy atom. The number of phenols is 1. The van der Waals surface area contributed by atoms with E-state index in [2.05, 4.69) is 16.3 Å². The van der Waals surface area contributed by atoms with E-state index in [0.717, 1.165) is 38.8 Å². The Kier molecular flexibility index (Phi) is 4.15. The molecular formula is C17H24N2O2. The van der Waals surface area contributed by atoms with E-state index in [1.54, 1.807) is 13.1 Å². The molecule has 1 aromatic carbocycles. The number of amides is 1. The average molecular weight is 288 g/mol. The molecule has 1 amide bonds. The monoisotopic (exact) mass is 288 g/mol. The molecule has 1 heterocycles. The number of phenolic OH excluding ortho intramolecular Hbond substituents is 1. The SMILES string of the molecule is CNC(=O)C1CCN(C2CCCc3ccc(O)cc32)CC1. The Balaban J connectivity index is 1.72. The third-order valence-corrected chi connectivity index (χ3v) is 5.00. The minimum Gasteiger partial charge on any atom is -0.508 e. The van der Waals surface area contributed by atoms with Crippen LogP contribution >= 0.6 is 0 Å². The third-order valence-electron chi connectivity index (χ3n) is 5.00. The van der Waals surface area contributed by atoms with Gasteiger partial charge in [-0.2, -0.15) is 0 Å². The van der Waals surface area contributed by atoms with Crippen molar-refractivity contribution in [2.24, 2.45) is 5.92 Å². The fraction of sp³-hybridized carbons (Fsp3) is 0.588. The number of likely N-dealkylation sites (tertiary alicyclic amines) is 1. The largest absolute Gasteiger partial charge is 0.508 e. The highest BCUT2D eigenvalue weighted by Gasteiger charge is 2.31. The second-order valence-electron chi connectivity index (χ2n) is 6.22. The molecule has 1 atom stereocenters. The molecule has 0 saturated carbocycles. The highest BCUT2D eigenvalue weighted by atomic mass is 16.3. The second kappa shape index (κ2) is 6.06. The summed E-state index contributed by atoms with van der Waals surface area (Å²) in [6, 6.07) is 6.20. The van der Waals surface area contributed by atoms with E-state index in [4.69, 9.17) is 0 Å². The third kappa shape index (κ3) is 2.91. The summed E-state index contributed by atoms with van der Waals surface area (Å²) < 4.78 is 0. The number of benzene rings is 1. The molecule has 0 radical (unpaired) electrons. The first-order chi connectivity index (χ1) is 10.2. The van der Waals surface area contributed by atoms with Crippen molar-refractivity contribution >= 4 is 5.91 Å². The van der Waals surface area contributed by atoms with Crippen LogP contribution in [0.2, 0.25) is 0 Å². The van der Waals surface area contributed by atoms with E-state index in [-0.39, 0.29) is 11.8 Å². The van der Waals surface area contributed by atoms with Crippen molar-refractivity contribution in [3.8, 4) is 5.75 Å². The molecule has 114 valence electrons. The summed E-state index contributed by atoms with van der Waals surface area (Å²) in [5, 5.41) is 12.5. The molecule has 0 bridgehead atoms. The van der Waals surface area contributed by atoms with Crippen LogP contribution in [0.3, 0.4) is 0 Å². The number of hydrogen-bond donors (Lipinski definition) is 2. The molecule has 4 nitrogen and oxygen atoms in total. The lowest BCUT2D eigenvalue weighted by Gasteiger charge is -2.39. The Morgan fingerprint density at radius 3 is 2.76 bits per heavy atom. The van der Waals surface area contributed by atoms with Crippen LogP contribution in [0.15, 0.2) is 18.2 Å². The molecule has 1 unspecified atom stereocenters. The number of piperidine rings is 1.